The first-order valence-electron chi connectivity index (χ1n) is 5.43. The van der Waals surface area contributed by atoms with Crippen molar-refractivity contribution in [3.63, 3.8) is 0 Å². The molecule has 1 rings (SSSR count). The molecule has 0 bridgehead atoms. The van der Waals surface area contributed by atoms with Crippen LogP contribution in [0.15, 0.2) is 18.2 Å². The van der Waals surface area contributed by atoms with Crippen molar-refractivity contribution in [3.8, 4) is 0 Å². The highest BCUT2D eigenvalue weighted by Gasteiger charge is 2.34. The number of nitrogens with one attached hydrogen (secondary N) is 1. The van der Waals surface area contributed by atoms with Crippen molar-refractivity contribution in [1.29, 1.82) is 0 Å². The van der Waals surface area contributed by atoms with E-state index in [9.17, 15) is 17.6 Å². The Kier molecular flexibility index (Phi) is 5.47. The maximum absolute atomic E-state index is 13.4. The summed E-state index contributed by atoms with van der Waals surface area (Å²) in [4.78, 5) is 0. The van der Waals surface area contributed by atoms with Crippen molar-refractivity contribution in [2.45, 2.75) is 18.6 Å². The Morgan fingerprint density at radius 1 is 1.33 bits per heavy atom. The third-order valence-corrected chi connectivity index (χ3v) is 3.30. The first-order chi connectivity index (χ1) is 8.40. The van der Waals surface area contributed by atoms with E-state index in [-0.39, 0.29) is 6.04 Å². The van der Waals surface area contributed by atoms with Gasteiger partial charge in [0.05, 0.1) is 5.56 Å². The second-order valence-electron chi connectivity index (χ2n) is 3.86. The lowest BCUT2D eigenvalue weighted by Crippen LogP contribution is -2.18. The predicted molar refractivity (Wildman–Crippen MR) is 66.2 cm³/mol. The van der Waals surface area contributed by atoms with E-state index in [1.165, 1.54) is 6.07 Å². The fourth-order valence-corrected chi connectivity index (χ4v) is 2.16. The zero-order chi connectivity index (χ0) is 13.8. The van der Waals surface area contributed by atoms with Crippen LogP contribution in [0, 0.1) is 5.82 Å². The summed E-state index contributed by atoms with van der Waals surface area (Å²) in [5.74, 6) is -0.363. The van der Waals surface area contributed by atoms with E-state index < -0.39 is 17.6 Å². The highest BCUT2D eigenvalue weighted by molar-refractivity contribution is 7.98. The van der Waals surface area contributed by atoms with Crippen molar-refractivity contribution in [2.24, 2.45) is 0 Å². The third kappa shape index (κ3) is 3.88. The van der Waals surface area contributed by atoms with E-state index in [4.69, 9.17) is 0 Å². The fourth-order valence-electron chi connectivity index (χ4n) is 1.69. The van der Waals surface area contributed by atoms with Crippen LogP contribution in [0.4, 0.5) is 17.6 Å². The molecule has 0 aromatic heterocycles. The normalized spacial score (nSPS) is 13.7. The van der Waals surface area contributed by atoms with Gasteiger partial charge in [-0.25, -0.2) is 4.39 Å². The van der Waals surface area contributed by atoms with Crippen molar-refractivity contribution >= 4 is 11.8 Å². The molecule has 1 N–H and O–H groups in total. The molecule has 0 heterocycles. The van der Waals surface area contributed by atoms with Crippen molar-refractivity contribution in [1.82, 2.24) is 5.32 Å². The summed E-state index contributed by atoms with van der Waals surface area (Å²) < 4.78 is 50.6. The fraction of sp³-hybridized carbons (Fsp3) is 0.500. The van der Waals surface area contributed by atoms with E-state index in [0.29, 0.717) is 5.56 Å². The predicted octanol–water partition coefficient (Wildman–Crippen LogP) is 3.86. The molecule has 18 heavy (non-hydrogen) atoms. The summed E-state index contributed by atoms with van der Waals surface area (Å²) in [6.07, 6.45) is -1.96. The van der Waals surface area contributed by atoms with Gasteiger partial charge in [-0.2, -0.15) is 24.9 Å². The molecule has 0 fully saturated rings. The van der Waals surface area contributed by atoms with Crippen molar-refractivity contribution < 1.29 is 17.6 Å². The van der Waals surface area contributed by atoms with Crippen LogP contribution < -0.4 is 5.32 Å². The van der Waals surface area contributed by atoms with Crippen LogP contribution in [0.25, 0.3) is 0 Å². The number of benzene rings is 1. The lowest BCUT2D eigenvalue weighted by atomic mass is 10.0. The molecule has 0 aliphatic rings. The highest BCUT2D eigenvalue weighted by atomic mass is 32.2. The lowest BCUT2D eigenvalue weighted by Gasteiger charge is -2.17. The maximum atomic E-state index is 13.4. The highest BCUT2D eigenvalue weighted by Crippen LogP contribution is 2.32. The van der Waals surface area contributed by atoms with Crippen LogP contribution in [-0.4, -0.2) is 19.1 Å². The minimum Gasteiger partial charge on any atom is -0.313 e. The van der Waals surface area contributed by atoms with E-state index in [0.717, 1.165) is 24.3 Å². The zero-order valence-corrected chi connectivity index (χ0v) is 11.0. The van der Waals surface area contributed by atoms with Gasteiger partial charge < -0.3 is 5.32 Å². The Bertz CT molecular complexity index is 392. The first-order valence-corrected chi connectivity index (χ1v) is 6.82. The average molecular weight is 281 g/mol. The Labute approximate surface area is 108 Å². The smallest absolute Gasteiger partial charge is 0.313 e. The molecule has 0 radical (unpaired) electrons. The molecule has 1 unspecified atom stereocenters. The van der Waals surface area contributed by atoms with Gasteiger partial charge in [0.1, 0.15) is 5.82 Å². The van der Waals surface area contributed by atoms with Gasteiger partial charge in [-0.05, 0) is 43.2 Å². The zero-order valence-electron chi connectivity index (χ0n) is 10.1. The summed E-state index contributed by atoms with van der Waals surface area (Å²) >= 11 is 1.64. The van der Waals surface area contributed by atoms with Gasteiger partial charge in [-0.3, -0.25) is 0 Å². The SMILES string of the molecule is CNC(CCSC)c1ccc(C(F)(F)F)c(F)c1. The van der Waals surface area contributed by atoms with Gasteiger partial charge in [0, 0.05) is 6.04 Å². The molecule has 0 saturated heterocycles. The number of halogens is 4. The molecule has 0 amide bonds. The monoisotopic (exact) mass is 281 g/mol. The molecule has 0 aliphatic heterocycles. The number of alkyl halides is 3. The molecule has 0 spiro atoms. The molecule has 1 aromatic rings. The number of thioether (sulfide) groups is 1. The van der Waals surface area contributed by atoms with Crippen LogP contribution in [0.3, 0.4) is 0 Å². The molecule has 102 valence electrons. The van der Waals surface area contributed by atoms with Gasteiger partial charge in [0.25, 0.3) is 0 Å². The number of hydrogen-bond acceptors (Lipinski definition) is 2. The Morgan fingerprint density at radius 3 is 2.44 bits per heavy atom. The summed E-state index contributed by atoms with van der Waals surface area (Å²) in [5.41, 5.74) is -0.678. The van der Waals surface area contributed by atoms with Crippen LogP contribution in [0.1, 0.15) is 23.6 Å². The summed E-state index contributed by atoms with van der Waals surface area (Å²) in [6.45, 7) is 0. The first kappa shape index (κ1) is 15.3. The number of hydrogen-bond donors (Lipinski definition) is 1. The van der Waals surface area contributed by atoms with E-state index in [1.807, 2.05) is 6.26 Å². The molecular formula is C12H15F4NS. The quantitative estimate of drug-likeness (QED) is 0.823. The summed E-state index contributed by atoms with van der Waals surface area (Å²) in [6, 6.07) is 2.96. The topological polar surface area (TPSA) is 12.0 Å². The largest absolute Gasteiger partial charge is 0.419 e. The second-order valence-corrected chi connectivity index (χ2v) is 4.85. The number of rotatable bonds is 5. The van der Waals surface area contributed by atoms with E-state index in [2.05, 4.69) is 5.32 Å². The van der Waals surface area contributed by atoms with Gasteiger partial charge >= 0.3 is 6.18 Å². The average Bonchev–Trinajstić information content (AvgIpc) is 2.28. The van der Waals surface area contributed by atoms with Crippen LogP contribution in [0.5, 0.6) is 0 Å². The minimum atomic E-state index is -4.64. The summed E-state index contributed by atoms with van der Waals surface area (Å²) in [5, 5.41) is 2.98. The third-order valence-electron chi connectivity index (χ3n) is 2.66. The standard InChI is InChI=1S/C12H15F4NS/c1-17-11(5-6-18-2)8-3-4-9(10(13)7-8)12(14,15)16/h3-4,7,11,17H,5-6H2,1-2H3. The molecule has 1 atom stereocenters. The van der Waals surface area contributed by atoms with E-state index >= 15 is 0 Å². The lowest BCUT2D eigenvalue weighted by molar-refractivity contribution is -0.140. The molecule has 0 saturated carbocycles. The van der Waals surface area contributed by atoms with Gasteiger partial charge in [0.2, 0.25) is 0 Å². The van der Waals surface area contributed by atoms with Crippen LogP contribution in [0.2, 0.25) is 0 Å². The Hall–Kier alpha value is -0.750. The van der Waals surface area contributed by atoms with E-state index in [1.54, 1.807) is 18.8 Å². The van der Waals surface area contributed by atoms with Gasteiger partial charge in [-0.15, -0.1) is 0 Å². The molecular weight excluding hydrogens is 266 g/mol. The Balaban J connectivity index is 2.95. The van der Waals surface area contributed by atoms with Gasteiger partial charge in [0.15, 0.2) is 0 Å². The Morgan fingerprint density at radius 2 is 2.00 bits per heavy atom. The molecule has 1 aromatic carbocycles. The van der Waals surface area contributed by atoms with Crippen LogP contribution in [-0.2, 0) is 6.18 Å². The van der Waals surface area contributed by atoms with Gasteiger partial charge in [-0.1, -0.05) is 6.07 Å². The molecule has 6 heteroatoms. The van der Waals surface area contributed by atoms with Crippen molar-refractivity contribution in [3.05, 3.63) is 35.1 Å². The summed E-state index contributed by atoms with van der Waals surface area (Å²) in [7, 11) is 1.71. The molecule has 0 aliphatic carbocycles. The molecule has 1 nitrogen and oxygen atoms in total. The minimum absolute atomic E-state index is 0.130. The maximum Gasteiger partial charge on any atom is 0.419 e. The second kappa shape index (κ2) is 6.43. The van der Waals surface area contributed by atoms with Crippen LogP contribution >= 0.6 is 11.8 Å². The van der Waals surface area contributed by atoms with Crippen molar-refractivity contribution in [2.75, 3.05) is 19.1 Å².